The van der Waals surface area contributed by atoms with Crippen LogP contribution in [0, 0.1) is 19.8 Å². The number of amides is 1. The minimum Gasteiger partial charge on any atom is -0.381 e. The summed E-state index contributed by atoms with van der Waals surface area (Å²) in [5.74, 6) is 0.563. The van der Waals surface area contributed by atoms with Crippen molar-refractivity contribution in [1.82, 2.24) is 9.47 Å². The number of aryl methyl sites for hydroxylation is 3. The van der Waals surface area contributed by atoms with Crippen LogP contribution in [0.3, 0.4) is 0 Å². The zero-order valence-electron chi connectivity index (χ0n) is 13.8. The second-order valence-electron chi connectivity index (χ2n) is 6.42. The van der Waals surface area contributed by atoms with Crippen LogP contribution in [0.5, 0.6) is 0 Å². The van der Waals surface area contributed by atoms with Crippen molar-refractivity contribution < 1.29 is 9.53 Å². The normalized spacial score (nSPS) is 18.1. The van der Waals surface area contributed by atoms with Gasteiger partial charge in [0.2, 0.25) is 0 Å². The third-order valence-corrected chi connectivity index (χ3v) is 4.77. The van der Waals surface area contributed by atoms with Crippen molar-refractivity contribution in [2.45, 2.75) is 20.3 Å². The molecule has 4 heteroatoms. The number of para-hydroxylation sites is 1. The molecule has 2 heterocycles. The zero-order valence-corrected chi connectivity index (χ0v) is 13.8. The Hall–Kier alpha value is -1.81. The Bertz CT molecular complexity index is 711. The van der Waals surface area contributed by atoms with Gasteiger partial charge in [0.15, 0.2) is 0 Å². The van der Waals surface area contributed by atoms with E-state index in [0.29, 0.717) is 5.92 Å². The summed E-state index contributed by atoms with van der Waals surface area (Å²) in [6.45, 7) is 6.49. The standard InChI is InChI=1S/C18H24N2O2/c1-12-6-5-7-15-13(2)17(20(4)16(12)15)18(21)19(3)10-14-8-9-22-11-14/h5-7,14H,8-11H2,1-4H3. The van der Waals surface area contributed by atoms with Gasteiger partial charge in [-0.15, -0.1) is 0 Å². The predicted octanol–water partition coefficient (Wildman–Crippen LogP) is 2.90. The number of benzene rings is 1. The molecule has 0 spiro atoms. The van der Waals surface area contributed by atoms with E-state index in [-0.39, 0.29) is 5.91 Å². The van der Waals surface area contributed by atoms with Gasteiger partial charge in [-0.05, 0) is 31.4 Å². The van der Waals surface area contributed by atoms with Crippen LogP contribution in [-0.4, -0.2) is 42.2 Å². The second kappa shape index (κ2) is 5.76. The lowest BCUT2D eigenvalue weighted by Gasteiger charge is -2.21. The molecule has 1 saturated heterocycles. The Balaban J connectivity index is 1.95. The van der Waals surface area contributed by atoms with E-state index in [0.717, 1.165) is 43.0 Å². The fourth-order valence-electron chi connectivity index (χ4n) is 3.58. The lowest BCUT2D eigenvalue weighted by atomic mass is 10.1. The first-order valence-corrected chi connectivity index (χ1v) is 7.88. The van der Waals surface area contributed by atoms with Crippen molar-refractivity contribution in [3.05, 3.63) is 35.0 Å². The molecule has 1 unspecified atom stereocenters. The maximum Gasteiger partial charge on any atom is 0.270 e. The molecule has 1 aromatic heterocycles. The van der Waals surface area contributed by atoms with Crippen LogP contribution >= 0.6 is 0 Å². The smallest absolute Gasteiger partial charge is 0.270 e. The molecule has 2 aromatic rings. The summed E-state index contributed by atoms with van der Waals surface area (Å²) in [6, 6.07) is 6.24. The fraction of sp³-hybridized carbons (Fsp3) is 0.500. The fourth-order valence-corrected chi connectivity index (χ4v) is 3.58. The molecule has 1 fully saturated rings. The summed E-state index contributed by atoms with van der Waals surface area (Å²) in [5.41, 5.74) is 4.22. The van der Waals surface area contributed by atoms with E-state index < -0.39 is 0 Å². The number of aromatic nitrogens is 1. The number of rotatable bonds is 3. The summed E-state index contributed by atoms with van der Waals surface area (Å²) in [6.07, 6.45) is 1.05. The summed E-state index contributed by atoms with van der Waals surface area (Å²) < 4.78 is 7.46. The monoisotopic (exact) mass is 300 g/mol. The van der Waals surface area contributed by atoms with Crippen molar-refractivity contribution in [1.29, 1.82) is 0 Å². The summed E-state index contributed by atoms with van der Waals surface area (Å²) in [4.78, 5) is 14.8. The molecular weight excluding hydrogens is 276 g/mol. The summed E-state index contributed by atoms with van der Waals surface area (Å²) in [7, 11) is 3.88. The van der Waals surface area contributed by atoms with Gasteiger partial charge in [-0.2, -0.15) is 0 Å². The van der Waals surface area contributed by atoms with Gasteiger partial charge in [-0.25, -0.2) is 0 Å². The van der Waals surface area contributed by atoms with E-state index in [1.165, 1.54) is 10.9 Å². The topological polar surface area (TPSA) is 34.5 Å². The highest BCUT2D eigenvalue weighted by molar-refractivity contribution is 6.02. The second-order valence-corrected chi connectivity index (χ2v) is 6.42. The minimum atomic E-state index is 0.0995. The van der Waals surface area contributed by atoms with Gasteiger partial charge in [-0.3, -0.25) is 4.79 Å². The molecule has 1 aliphatic rings. The van der Waals surface area contributed by atoms with Crippen LogP contribution in [0.1, 0.15) is 28.0 Å². The third-order valence-electron chi connectivity index (χ3n) is 4.77. The molecule has 0 saturated carbocycles. The third kappa shape index (κ3) is 2.41. The molecule has 1 atom stereocenters. The Morgan fingerprint density at radius 2 is 2.18 bits per heavy atom. The van der Waals surface area contributed by atoms with E-state index in [1.54, 1.807) is 0 Å². The molecule has 0 aliphatic carbocycles. The Labute approximate surface area is 131 Å². The zero-order chi connectivity index (χ0) is 15.9. The maximum atomic E-state index is 12.9. The number of fused-ring (bicyclic) bond motifs is 1. The van der Waals surface area contributed by atoms with E-state index in [2.05, 4.69) is 25.1 Å². The maximum absolute atomic E-state index is 12.9. The number of hydrogen-bond donors (Lipinski definition) is 0. The highest BCUT2D eigenvalue weighted by Crippen LogP contribution is 2.28. The van der Waals surface area contributed by atoms with E-state index in [1.807, 2.05) is 30.5 Å². The lowest BCUT2D eigenvalue weighted by molar-refractivity contribution is 0.0756. The molecule has 1 aromatic carbocycles. The predicted molar refractivity (Wildman–Crippen MR) is 88.3 cm³/mol. The van der Waals surface area contributed by atoms with Crippen molar-refractivity contribution >= 4 is 16.8 Å². The van der Waals surface area contributed by atoms with Crippen molar-refractivity contribution in [2.75, 3.05) is 26.8 Å². The molecule has 0 bridgehead atoms. The van der Waals surface area contributed by atoms with Gasteiger partial charge in [0, 0.05) is 38.6 Å². The summed E-state index contributed by atoms with van der Waals surface area (Å²) in [5, 5.41) is 1.17. The highest BCUT2D eigenvalue weighted by Gasteiger charge is 2.25. The van der Waals surface area contributed by atoms with Gasteiger partial charge in [0.25, 0.3) is 5.91 Å². The van der Waals surface area contributed by atoms with Gasteiger partial charge in [0.05, 0.1) is 12.1 Å². The Morgan fingerprint density at radius 1 is 1.41 bits per heavy atom. The largest absolute Gasteiger partial charge is 0.381 e. The quantitative estimate of drug-likeness (QED) is 0.873. The molecule has 1 amide bonds. The average Bonchev–Trinajstić information content (AvgIpc) is 3.07. The number of ether oxygens (including phenoxy) is 1. The van der Waals surface area contributed by atoms with Gasteiger partial charge in [0.1, 0.15) is 5.69 Å². The van der Waals surface area contributed by atoms with Crippen LogP contribution in [0.4, 0.5) is 0 Å². The first kappa shape index (κ1) is 15.1. The van der Waals surface area contributed by atoms with E-state index in [9.17, 15) is 4.79 Å². The molecule has 0 radical (unpaired) electrons. The average molecular weight is 300 g/mol. The first-order valence-electron chi connectivity index (χ1n) is 7.88. The van der Waals surface area contributed by atoms with Crippen molar-refractivity contribution in [3.8, 4) is 0 Å². The SMILES string of the molecule is Cc1c(C(=O)N(C)CC2CCOC2)n(C)c2c(C)cccc12. The minimum absolute atomic E-state index is 0.0995. The molecule has 22 heavy (non-hydrogen) atoms. The van der Waals surface area contributed by atoms with Crippen molar-refractivity contribution in [2.24, 2.45) is 13.0 Å². The summed E-state index contributed by atoms with van der Waals surface area (Å²) >= 11 is 0. The van der Waals surface area contributed by atoms with Gasteiger partial charge < -0.3 is 14.2 Å². The van der Waals surface area contributed by atoms with Crippen LogP contribution in [0.15, 0.2) is 18.2 Å². The molecule has 118 valence electrons. The number of nitrogens with zero attached hydrogens (tertiary/aromatic N) is 2. The molecular formula is C18H24N2O2. The number of carbonyl (C=O) groups is 1. The van der Waals surface area contributed by atoms with Crippen LogP contribution in [0.2, 0.25) is 0 Å². The first-order chi connectivity index (χ1) is 10.5. The molecule has 0 N–H and O–H groups in total. The van der Waals surface area contributed by atoms with Crippen LogP contribution in [0.25, 0.3) is 10.9 Å². The van der Waals surface area contributed by atoms with Crippen LogP contribution in [-0.2, 0) is 11.8 Å². The van der Waals surface area contributed by atoms with Gasteiger partial charge in [-0.1, -0.05) is 18.2 Å². The van der Waals surface area contributed by atoms with Crippen molar-refractivity contribution in [3.63, 3.8) is 0 Å². The van der Waals surface area contributed by atoms with Gasteiger partial charge >= 0.3 is 0 Å². The lowest BCUT2D eigenvalue weighted by Crippen LogP contribution is -2.33. The Kier molecular flexibility index (Phi) is 3.96. The highest BCUT2D eigenvalue weighted by atomic mass is 16.5. The molecule has 4 nitrogen and oxygen atoms in total. The van der Waals surface area contributed by atoms with Crippen LogP contribution < -0.4 is 0 Å². The number of hydrogen-bond acceptors (Lipinski definition) is 2. The molecule has 3 rings (SSSR count). The molecule has 1 aliphatic heterocycles. The van der Waals surface area contributed by atoms with E-state index in [4.69, 9.17) is 4.74 Å². The Morgan fingerprint density at radius 3 is 2.82 bits per heavy atom. The number of carbonyl (C=O) groups excluding carboxylic acids is 1. The van der Waals surface area contributed by atoms with E-state index >= 15 is 0 Å².